The molecule has 1 fully saturated rings. The molecule has 104 valence electrons. The third-order valence-electron chi connectivity index (χ3n) is 3.35. The van der Waals surface area contributed by atoms with E-state index in [2.05, 4.69) is 15.3 Å². The number of nitrogens with zero attached hydrogens (tertiary/aromatic N) is 3. The molecule has 6 heteroatoms. The minimum atomic E-state index is -0.420. The van der Waals surface area contributed by atoms with Gasteiger partial charge in [-0.3, -0.25) is 4.79 Å². The predicted molar refractivity (Wildman–Crippen MR) is 71.7 cm³/mol. The van der Waals surface area contributed by atoms with Crippen LogP contribution < -0.4 is 10.2 Å². The minimum Gasteiger partial charge on any atom is -0.391 e. The number of rotatable bonds is 4. The molecular formula is C13H20N4O2. The van der Waals surface area contributed by atoms with Crippen LogP contribution in [0.15, 0.2) is 18.5 Å². The fourth-order valence-corrected chi connectivity index (χ4v) is 2.31. The second-order valence-corrected chi connectivity index (χ2v) is 4.93. The van der Waals surface area contributed by atoms with Crippen LogP contribution in [0.3, 0.4) is 0 Å². The van der Waals surface area contributed by atoms with Crippen LogP contribution in [0.2, 0.25) is 0 Å². The Kier molecular flexibility index (Phi) is 4.68. The first-order chi connectivity index (χ1) is 9.16. The van der Waals surface area contributed by atoms with Crippen molar-refractivity contribution < 1.29 is 9.90 Å². The zero-order valence-electron chi connectivity index (χ0n) is 11.1. The Labute approximate surface area is 112 Å². The molecule has 1 aliphatic rings. The molecule has 1 amide bonds. The highest BCUT2D eigenvalue weighted by molar-refractivity contribution is 5.80. The monoisotopic (exact) mass is 264 g/mol. The predicted octanol–water partition coefficient (Wildman–Crippen LogP) is 0.332. The van der Waals surface area contributed by atoms with Crippen LogP contribution in [-0.4, -0.2) is 46.7 Å². The van der Waals surface area contributed by atoms with Gasteiger partial charge in [0.1, 0.15) is 0 Å². The standard InChI is InChI=1S/C13H20N4O2/c1-17(13-14-7-4-8-15-13)9-12(19)16-10-5-2-3-6-11(10)18/h4,7-8,10-11,18H,2-3,5-6,9H2,1H3,(H,16,19)/t10-,11-/m0/s1. The lowest BCUT2D eigenvalue weighted by molar-refractivity contribution is -0.121. The average Bonchev–Trinajstić information content (AvgIpc) is 2.42. The highest BCUT2D eigenvalue weighted by atomic mass is 16.3. The van der Waals surface area contributed by atoms with E-state index in [1.165, 1.54) is 0 Å². The fraction of sp³-hybridized carbons (Fsp3) is 0.615. The Bertz CT molecular complexity index is 412. The van der Waals surface area contributed by atoms with Crippen molar-refractivity contribution in [1.82, 2.24) is 15.3 Å². The number of carbonyl (C=O) groups excluding carboxylic acids is 1. The van der Waals surface area contributed by atoms with Gasteiger partial charge < -0.3 is 15.3 Å². The van der Waals surface area contributed by atoms with Crippen molar-refractivity contribution in [3.8, 4) is 0 Å². The molecule has 0 aliphatic heterocycles. The maximum Gasteiger partial charge on any atom is 0.239 e. The quantitative estimate of drug-likeness (QED) is 0.819. The van der Waals surface area contributed by atoms with Gasteiger partial charge in [0, 0.05) is 19.4 Å². The van der Waals surface area contributed by atoms with Crippen LogP contribution in [0.5, 0.6) is 0 Å². The van der Waals surface area contributed by atoms with E-state index in [9.17, 15) is 9.90 Å². The van der Waals surface area contributed by atoms with Gasteiger partial charge in [-0.05, 0) is 18.9 Å². The second-order valence-electron chi connectivity index (χ2n) is 4.93. The van der Waals surface area contributed by atoms with Crippen molar-refractivity contribution in [3.63, 3.8) is 0 Å². The number of amides is 1. The van der Waals surface area contributed by atoms with E-state index in [1.54, 1.807) is 30.4 Å². The molecular weight excluding hydrogens is 244 g/mol. The van der Waals surface area contributed by atoms with E-state index in [0.717, 1.165) is 25.7 Å². The number of aliphatic hydroxyl groups is 1. The first-order valence-corrected chi connectivity index (χ1v) is 6.62. The smallest absolute Gasteiger partial charge is 0.239 e. The van der Waals surface area contributed by atoms with Crippen molar-refractivity contribution in [2.24, 2.45) is 0 Å². The first-order valence-electron chi connectivity index (χ1n) is 6.62. The van der Waals surface area contributed by atoms with Gasteiger partial charge in [0.05, 0.1) is 18.7 Å². The number of carbonyl (C=O) groups is 1. The summed E-state index contributed by atoms with van der Waals surface area (Å²) in [4.78, 5) is 21.8. The van der Waals surface area contributed by atoms with Gasteiger partial charge in [-0.2, -0.15) is 0 Å². The molecule has 19 heavy (non-hydrogen) atoms. The third-order valence-corrected chi connectivity index (χ3v) is 3.35. The number of anilines is 1. The molecule has 0 unspecified atom stereocenters. The zero-order valence-corrected chi connectivity index (χ0v) is 11.1. The summed E-state index contributed by atoms with van der Waals surface area (Å²) in [7, 11) is 1.77. The summed E-state index contributed by atoms with van der Waals surface area (Å²) in [6.07, 6.45) is 6.56. The molecule has 2 N–H and O–H groups in total. The van der Waals surface area contributed by atoms with E-state index in [0.29, 0.717) is 5.95 Å². The van der Waals surface area contributed by atoms with Gasteiger partial charge >= 0.3 is 0 Å². The summed E-state index contributed by atoms with van der Waals surface area (Å²) in [5.41, 5.74) is 0. The molecule has 1 saturated carbocycles. The topological polar surface area (TPSA) is 78.4 Å². The van der Waals surface area contributed by atoms with Crippen LogP contribution >= 0.6 is 0 Å². The Morgan fingerprint density at radius 2 is 2.11 bits per heavy atom. The van der Waals surface area contributed by atoms with Gasteiger partial charge in [0.15, 0.2) is 0 Å². The van der Waals surface area contributed by atoms with Crippen molar-refractivity contribution in [2.75, 3.05) is 18.5 Å². The Balaban J connectivity index is 1.84. The molecule has 1 aromatic heterocycles. The summed E-state index contributed by atoms with van der Waals surface area (Å²) < 4.78 is 0. The van der Waals surface area contributed by atoms with Gasteiger partial charge in [0.25, 0.3) is 0 Å². The van der Waals surface area contributed by atoms with E-state index >= 15 is 0 Å². The Morgan fingerprint density at radius 1 is 1.42 bits per heavy atom. The van der Waals surface area contributed by atoms with Gasteiger partial charge in [-0.1, -0.05) is 12.8 Å². The highest BCUT2D eigenvalue weighted by Gasteiger charge is 2.24. The second kappa shape index (κ2) is 6.47. The number of hydrogen-bond acceptors (Lipinski definition) is 5. The highest BCUT2D eigenvalue weighted by Crippen LogP contribution is 2.18. The summed E-state index contributed by atoms with van der Waals surface area (Å²) in [5.74, 6) is 0.405. The molecule has 0 spiro atoms. The van der Waals surface area contributed by atoms with Gasteiger partial charge in [-0.25, -0.2) is 9.97 Å². The first kappa shape index (κ1) is 13.7. The van der Waals surface area contributed by atoms with Crippen LogP contribution in [0.25, 0.3) is 0 Å². The van der Waals surface area contributed by atoms with Crippen LogP contribution in [0.1, 0.15) is 25.7 Å². The number of likely N-dealkylation sites (N-methyl/N-ethyl adjacent to an activating group) is 1. The minimum absolute atomic E-state index is 0.110. The van der Waals surface area contributed by atoms with Gasteiger partial charge in [0.2, 0.25) is 11.9 Å². The maximum absolute atomic E-state index is 11.9. The molecule has 2 rings (SSSR count). The molecule has 1 aromatic rings. The average molecular weight is 264 g/mol. The SMILES string of the molecule is CN(CC(=O)N[C@H]1CCCC[C@@H]1O)c1ncccn1. The number of aliphatic hydroxyl groups excluding tert-OH is 1. The van der Waals surface area contributed by atoms with Crippen molar-refractivity contribution in [2.45, 2.75) is 37.8 Å². The number of aromatic nitrogens is 2. The molecule has 0 saturated heterocycles. The van der Waals surface area contributed by atoms with Crippen LogP contribution in [0.4, 0.5) is 5.95 Å². The molecule has 0 aromatic carbocycles. The lowest BCUT2D eigenvalue weighted by Crippen LogP contribution is -2.48. The van der Waals surface area contributed by atoms with Crippen LogP contribution in [0, 0.1) is 0 Å². The molecule has 1 heterocycles. The molecule has 2 atom stereocenters. The Hall–Kier alpha value is -1.69. The zero-order chi connectivity index (χ0) is 13.7. The Morgan fingerprint density at radius 3 is 2.79 bits per heavy atom. The van der Waals surface area contributed by atoms with Crippen molar-refractivity contribution >= 4 is 11.9 Å². The maximum atomic E-state index is 11.9. The van der Waals surface area contributed by atoms with Crippen molar-refractivity contribution in [1.29, 1.82) is 0 Å². The summed E-state index contributed by atoms with van der Waals surface area (Å²) >= 11 is 0. The van der Waals surface area contributed by atoms with Crippen molar-refractivity contribution in [3.05, 3.63) is 18.5 Å². The number of nitrogens with one attached hydrogen (secondary N) is 1. The lowest BCUT2D eigenvalue weighted by Gasteiger charge is -2.29. The van der Waals surface area contributed by atoms with E-state index in [-0.39, 0.29) is 18.5 Å². The summed E-state index contributed by atoms with van der Waals surface area (Å²) in [5, 5.41) is 12.7. The molecule has 6 nitrogen and oxygen atoms in total. The molecule has 1 aliphatic carbocycles. The summed E-state index contributed by atoms with van der Waals surface area (Å²) in [6, 6.07) is 1.61. The van der Waals surface area contributed by atoms with Gasteiger partial charge in [-0.15, -0.1) is 0 Å². The van der Waals surface area contributed by atoms with E-state index in [1.807, 2.05) is 0 Å². The molecule has 0 radical (unpaired) electrons. The summed E-state index contributed by atoms with van der Waals surface area (Å²) in [6.45, 7) is 0.188. The largest absolute Gasteiger partial charge is 0.391 e. The third kappa shape index (κ3) is 3.89. The van der Waals surface area contributed by atoms with Crippen LogP contribution in [-0.2, 0) is 4.79 Å². The lowest BCUT2D eigenvalue weighted by atomic mass is 9.92. The number of hydrogen-bond donors (Lipinski definition) is 2. The van der Waals surface area contributed by atoms with E-state index in [4.69, 9.17) is 0 Å². The fourth-order valence-electron chi connectivity index (χ4n) is 2.31. The molecule has 0 bridgehead atoms. The van der Waals surface area contributed by atoms with E-state index < -0.39 is 6.10 Å². The normalized spacial score (nSPS) is 22.8.